The summed E-state index contributed by atoms with van der Waals surface area (Å²) in [5.74, 6) is -0.827. The zero-order valence-electron chi connectivity index (χ0n) is 30.9. The Morgan fingerprint density at radius 3 is 1.98 bits per heavy atom. The van der Waals surface area contributed by atoms with Crippen LogP contribution in [0.4, 0.5) is 29.7 Å². The molecule has 4 aliphatic rings. The lowest BCUT2D eigenvalue weighted by Gasteiger charge is -2.43. The maximum absolute atomic E-state index is 15.6. The molecule has 10 nitrogen and oxygen atoms in total. The third-order valence-electron chi connectivity index (χ3n) is 12.2. The molecular formula is C39H56F2N6O4S. The number of piperidine rings is 2. The van der Waals surface area contributed by atoms with E-state index >= 15 is 4.39 Å². The third-order valence-corrected chi connectivity index (χ3v) is 13.5. The van der Waals surface area contributed by atoms with Crippen LogP contribution in [-0.4, -0.2) is 92.2 Å². The van der Waals surface area contributed by atoms with E-state index in [0.29, 0.717) is 68.8 Å². The molecule has 2 aliphatic heterocycles. The van der Waals surface area contributed by atoms with Crippen molar-refractivity contribution in [3.63, 3.8) is 0 Å². The van der Waals surface area contributed by atoms with Crippen LogP contribution in [0.2, 0.25) is 0 Å². The molecular weight excluding hydrogens is 687 g/mol. The van der Waals surface area contributed by atoms with E-state index < -0.39 is 10.0 Å². The zero-order chi connectivity index (χ0) is 37.1. The SMILES string of the molecule is CC1(CN(C(=O)Nc2ccc(F)c(C3CCC(N(CC4(C)CCNCC4)C(=O)Nc4ccc(F)cc4)C3)c2)C2CCCC2)CCN(S(C)(=O)=O)CC1. The van der Waals surface area contributed by atoms with Crippen LogP contribution in [0, 0.1) is 22.5 Å². The standard InChI is InChI=1S/C39H56F2N6O4S/c1-38(16-20-42-21-17-38)26-47(36(48)43-30-11-9-29(40)10-12-30)33-14-8-28(24-33)34-25-31(13-15-35(34)41)44-37(49)46(32-6-4-5-7-32)27-39(2)18-22-45(23-19-39)52(3,50)51/h9-13,15,25,28,32-33,42H,4-8,14,16-24,26-27H2,1-3H3,(H,43,48)(H,44,49). The van der Waals surface area contributed by atoms with E-state index in [9.17, 15) is 22.4 Å². The quantitative estimate of drug-likeness (QED) is 0.236. The molecule has 2 atom stereocenters. The van der Waals surface area contributed by atoms with Crippen LogP contribution < -0.4 is 16.0 Å². The molecule has 6 rings (SSSR count). The van der Waals surface area contributed by atoms with Crippen LogP contribution in [0.15, 0.2) is 42.5 Å². The van der Waals surface area contributed by atoms with E-state index in [2.05, 4.69) is 29.8 Å². The normalized spacial score (nSPS) is 23.6. The smallest absolute Gasteiger partial charge is 0.321 e. The van der Waals surface area contributed by atoms with E-state index in [-0.39, 0.29) is 52.5 Å². The molecule has 2 heterocycles. The highest BCUT2D eigenvalue weighted by molar-refractivity contribution is 7.88. The minimum atomic E-state index is -3.26. The van der Waals surface area contributed by atoms with Crippen LogP contribution in [0.3, 0.4) is 0 Å². The Morgan fingerprint density at radius 1 is 0.808 bits per heavy atom. The topological polar surface area (TPSA) is 114 Å². The summed E-state index contributed by atoms with van der Waals surface area (Å²) < 4.78 is 54.9. The Kier molecular flexibility index (Phi) is 11.8. The molecule has 2 saturated heterocycles. The van der Waals surface area contributed by atoms with Crippen molar-refractivity contribution < 1.29 is 26.8 Å². The summed E-state index contributed by atoms with van der Waals surface area (Å²) in [6.07, 6.45) is 10.5. The Hall–Kier alpha value is -3.29. The van der Waals surface area contributed by atoms with Gasteiger partial charge in [0.1, 0.15) is 11.6 Å². The lowest BCUT2D eigenvalue weighted by molar-refractivity contribution is 0.100. The van der Waals surface area contributed by atoms with Gasteiger partial charge in [-0.1, -0.05) is 26.7 Å². The molecule has 4 amide bonds. The van der Waals surface area contributed by atoms with Gasteiger partial charge in [0, 0.05) is 49.6 Å². The largest absolute Gasteiger partial charge is 0.322 e. The molecule has 0 bridgehead atoms. The summed E-state index contributed by atoms with van der Waals surface area (Å²) in [7, 11) is -3.26. The van der Waals surface area contributed by atoms with Crippen LogP contribution in [-0.2, 0) is 10.0 Å². The summed E-state index contributed by atoms with van der Waals surface area (Å²) in [5, 5.41) is 9.48. The van der Waals surface area contributed by atoms with Gasteiger partial charge in [-0.05, 0) is 136 Å². The van der Waals surface area contributed by atoms with Crippen LogP contribution in [0.25, 0.3) is 0 Å². The minimum absolute atomic E-state index is 0.0636. The summed E-state index contributed by atoms with van der Waals surface area (Å²) in [5.41, 5.74) is 1.33. The molecule has 4 fully saturated rings. The van der Waals surface area contributed by atoms with Crippen molar-refractivity contribution in [3.8, 4) is 0 Å². The number of nitrogens with one attached hydrogen (secondary N) is 3. The molecule has 2 saturated carbocycles. The third kappa shape index (κ3) is 9.43. The number of urea groups is 2. The highest BCUT2D eigenvalue weighted by Crippen LogP contribution is 2.41. The van der Waals surface area contributed by atoms with Gasteiger partial charge in [-0.2, -0.15) is 0 Å². The molecule has 2 aromatic rings. The molecule has 2 aliphatic carbocycles. The lowest BCUT2D eigenvalue weighted by Crippen LogP contribution is -2.51. The van der Waals surface area contributed by atoms with E-state index in [4.69, 9.17) is 0 Å². The van der Waals surface area contributed by atoms with Crippen molar-refractivity contribution in [2.24, 2.45) is 10.8 Å². The summed E-state index contributed by atoms with van der Waals surface area (Å²) >= 11 is 0. The summed E-state index contributed by atoms with van der Waals surface area (Å²) in [6, 6.07) is 10.1. The van der Waals surface area contributed by atoms with Crippen molar-refractivity contribution >= 4 is 33.5 Å². The van der Waals surface area contributed by atoms with Crippen molar-refractivity contribution in [2.45, 2.75) is 102 Å². The molecule has 2 unspecified atom stereocenters. The van der Waals surface area contributed by atoms with Crippen molar-refractivity contribution in [3.05, 3.63) is 59.7 Å². The lowest BCUT2D eigenvalue weighted by atomic mass is 9.80. The maximum atomic E-state index is 15.6. The van der Waals surface area contributed by atoms with Gasteiger partial charge >= 0.3 is 12.1 Å². The van der Waals surface area contributed by atoms with E-state index in [0.717, 1.165) is 58.0 Å². The minimum Gasteiger partial charge on any atom is -0.321 e. The monoisotopic (exact) mass is 742 g/mol. The second kappa shape index (κ2) is 16.0. The van der Waals surface area contributed by atoms with Gasteiger partial charge in [0.2, 0.25) is 10.0 Å². The maximum Gasteiger partial charge on any atom is 0.322 e. The number of rotatable bonds is 10. The van der Waals surface area contributed by atoms with E-state index in [1.54, 1.807) is 24.3 Å². The second-order valence-corrected chi connectivity index (χ2v) is 18.5. The Bertz CT molecular complexity index is 1670. The first kappa shape index (κ1) is 38.4. The average molecular weight is 743 g/mol. The molecule has 52 heavy (non-hydrogen) atoms. The van der Waals surface area contributed by atoms with Gasteiger partial charge < -0.3 is 25.8 Å². The number of benzene rings is 2. The van der Waals surface area contributed by atoms with Gasteiger partial charge in [0.15, 0.2) is 0 Å². The average Bonchev–Trinajstić information content (AvgIpc) is 3.82. The number of sulfonamides is 1. The van der Waals surface area contributed by atoms with Gasteiger partial charge in [0.25, 0.3) is 0 Å². The first-order valence-corrected chi connectivity index (χ1v) is 20.9. The predicted octanol–water partition coefficient (Wildman–Crippen LogP) is 7.36. The van der Waals surface area contributed by atoms with Crippen molar-refractivity contribution in [1.82, 2.24) is 19.4 Å². The Balaban J connectivity index is 1.15. The fourth-order valence-corrected chi connectivity index (χ4v) is 9.70. The van der Waals surface area contributed by atoms with Crippen LogP contribution in [0.1, 0.15) is 96.0 Å². The number of amides is 4. The van der Waals surface area contributed by atoms with Gasteiger partial charge in [-0.15, -0.1) is 0 Å². The fraction of sp³-hybridized carbons (Fsp3) is 0.641. The molecule has 0 spiro atoms. The molecule has 2 aromatic carbocycles. The van der Waals surface area contributed by atoms with E-state index in [1.807, 2.05) is 9.80 Å². The Morgan fingerprint density at radius 2 is 1.37 bits per heavy atom. The van der Waals surface area contributed by atoms with E-state index in [1.165, 1.54) is 28.8 Å². The predicted molar refractivity (Wildman–Crippen MR) is 201 cm³/mol. The first-order chi connectivity index (χ1) is 24.7. The van der Waals surface area contributed by atoms with Crippen molar-refractivity contribution in [1.29, 1.82) is 0 Å². The van der Waals surface area contributed by atoms with Gasteiger partial charge in [0.05, 0.1) is 6.26 Å². The molecule has 0 radical (unpaired) electrons. The second-order valence-electron chi connectivity index (χ2n) is 16.5. The highest BCUT2D eigenvalue weighted by Gasteiger charge is 2.40. The number of hydrogen-bond donors (Lipinski definition) is 3. The zero-order valence-corrected chi connectivity index (χ0v) is 31.7. The number of nitrogens with zero attached hydrogens (tertiary/aromatic N) is 3. The Labute approximate surface area is 308 Å². The number of halogens is 2. The molecule has 13 heteroatoms. The number of carbonyl (C=O) groups is 2. The summed E-state index contributed by atoms with van der Waals surface area (Å²) in [4.78, 5) is 31.7. The van der Waals surface area contributed by atoms with Crippen molar-refractivity contribution in [2.75, 3.05) is 56.2 Å². The van der Waals surface area contributed by atoms with Crippen LogP contribution in [0.5, 0.6) is 0 Å². The number of carbonyl (C=O) groups excluding carboxylic acids is 2. The fourth-order valence-electron chi connectivity index (χ4n) is 8.86. The highest BCUT2D eigenvalue weighted by atomic mass is 32.2. The van der Waals surface area contributed by atoms with Gasteiger partial charge in [-0.3, -0.25) is 0 Å². The first-order valence-electron chi connectivity index (χ1n) is 19.1. The molecule has 3 N–H and O–H groups in total. The molecule has 0 aromatic heterocycles. The number of anilines is 2. The van der Waals surface area contributed by atoms with Crippen LogP contribution >= 0.6 is 0 Å². The van der Waals surface area contributed by atoms with Gasteiger partial charge in [-0.25, -0.2) is 31.1 Å². The summed E-state index contributed by atoms with van der Waals surface area (Å²) in [6.45, 7) is 8.13. The molecule has 286 valence electrons. The number of hydrogen-bond acceptors (Lipinski definition) is 5.